The van der Waals surface area contributed by atoms with E-state index in [0.717, 1.165) is 17.0 Å². The number of nitrogens with zero attached hydrogens (tertiary/aromatic N) is 1. The fourth-order valence-corrected chi connectivity index (χ4v) is 1.97. The van der Waals surface area contributed by atoms with Crippen molar-refractivity contribution in [3.63, 3.8) is 0 Å². The van der Waals surface area contributed by atoms with Crippen molar-refractivity contribution in [1.29, 1.82) is 0 Å². The maximum absolute atomic E-state index is 12.1. The van der Waals surface area contributed by atoms with E-state index in [1.165, 1.54) is 0 Å². The number of aromatic nitrogens is 1. The predicted molar refractivity (Wildman–Crippen MR) is 73.6 cm³/mol. The Morgan fingerprint density at radius 1 is 1.22 bits per heavy atom. The summed E-state index contributed by atoms with van der Waals surface area (Å²) in [6, 6.07) is 11.2. The maximum Gasteiger partial charge on any atom is 0.270 e. The summed E-state index contributed by atoms with van der Waals surface area (Å²) in [4.78, 5) is 12.1. The molecule has 2 rings (SSSR count). The maximum atomic E-state index is 12.1. The van der Waals surface area contributed by atoms with Crippen LogP contribution in [0.2, 0.25) is 0 Å². The molecule has 18 heavy (non-hydrogen) atoms. The average molecular weight is 263 g/mol. The van der Waals surface area contributed by atoms with Crippen molar-refractivity contribution < 1.29 is 4.79 Å². The van der Waals surface area contributed by atoms with Crippen molar-refractivity contribution in [2.75, 3.05) is 5.43 Å². The molecular formula is C14H15ClN2O. The molecule has 94 valence electrons. The van der Waals surface area contributed by atoms with E-state index in [-0.39, 0.29) is 5.91 Å². The summed E-state index contributed by atoms with van der Waals surface area (Å²) < 4.78 is 1.77. The van der Waals surface area contributed by atoms with Gasteiger partial charge in [0.25, 0.3) is 5.91 Å². The van der Waals surface area contributed by atoms with E-state index >= 15 is 0 Å². The van der Waals surface area contributed by atoms with E-state index < -0.39 is 0 Å². The van der Waals surface area contributed by atoms with E-state index in [1.54, 1.807) is 16.8 Å². The first-order valence-corrected chi connectivity index (χ1v) is 6.26. The number of hydrogen-bond acceptors (Lipinski definition) is 1. The molecule has 3 nitrogen and oxygen atoms in total. The molecule has 0 aliphatic carbocycles. The molecule has 0 aliphatic heterocycles. The van der Waals surface area contributed by atoms with Gasteiger partial charge in [-0.1, -0.05) is 12.1 Å². The van der Waals surface area contributed by atoms with E-state index in [9.17, 15) is 4.79 Å². The molecule has 2 aromatic rings. The van der Waals surface area contributed by atoms with Crippen LogP contribution in [0.5, 0.6) is 0 Å². The van der Waals surface area contributed by atoms with Gasteiger partial charge in [-0.05, 0) is 43.7 Å². The number of alkyl halides is 1. The van der Waals surface area contributed by atoms with Gasteiger partial charge in [0.2, 0.25) is 0 Å². The predicted octanol–water partition coefficient (Wildman–Crippen LogP) is 3.23. The van der Waals surface area contributed by atoms with Gasteiger partial charge < -0.3 is 0 Å². The van der Waals surface area contributed by atoms with Crippen molar-refractivity contribution in [2.45, 2.75) is 19.7 Å². The highest BCUT2D eigenvalue weighted by atomic mass is 35.5. The van der Waals surface area contributed by atoms with E-state index in [0.29, 0.717) is 11.4 Å². The highest BCUT2D eigenvalue weighted by molar-refractivity contribution is 6.17. The van der Waals surface area contributed by atoms with Crippen LogP contribution >= 0.6 is 11.6 Å². The summed E-state index contributed by atoms with van der Waals surface area (Å²) in [7, 11) is 0. The molecule has 0 spiro atoms. The minimum absolute atomic E-state index is 0.135. The normalized spacial score (nSPS) is 10.4. The fourth-order valence-electron chi connectivity index (χ4n) is 1.81. The SMILES string of the molecule is Cc1ccc(C)n1NC(=O)c1cccc(CCl)c1. The lowest BCUT2D eigenvalue weighted by Gasteiger charge is -2.11. The minimum atomic E-state index is -0.135. The van der Waals surface area contributed by atoms with Gasteiger partial charge in [-0.2, -0.15) is 0 Å². The lowest BCUT2D eigenvalue weighted by molar-refractivity contribution is 0.101. The quantitative estimate of drug-likeness (QED) is 0.847. The average Bonchev–Trinajstić information content (AvgIpc) is 2.70. The molecule has 0 saturated heterocycles. The van der Waals surface area contributed by atoms with Crippen LogP contribution in [-0.2, 0) is 5.88 Å². The Hall–Kier alpha value is -1.74. The molecule has 0 bridgehead atoms. The van der Waals surface area contributed by atoms with Gasteiger partial charge in [-0.15, -0.1) is 11.6 Å². The number of aryl methyl sites for hydroxylation is 2. The standard InChI is InChI=1S/C14H15ClN2O/c1-10-6-7-11(2)17(10)16-14(18)13-5-3-4-12(8-13)9-15/h3-8H,9H2,1-2H3,(H,16,18). The Morgan fingerprint density at radius 3 is 2.50 bits per heavy atom. The molecule has 1 aromatic carbocycles. The highest BCUT2D eigenvalue weighted by Gasteiger charge is 2.08. The molecule has 4 heteroatoms. The molecule has 1 heterocycles. The molecule has 0 fully saturated rings. The van der Waals surface area contributed by atoms with E-state index in [2.05, 4.69) is 5.43 Å². The number of halogens is 1. The van der Waals surface area contributed by atoms with Crippen LogP contribution in [0.25, 0.3) is 0 Å². The lowest BCUT2D eigenvalue weighted by Crippen LogP contribution is -2.24. The van der Waals surface area contributed by atoms with Crippen LogP contribution in [0, 0.1) is 13.8 Å². The van der Waals surface area contributed by atoms with Crippen LogP contribution in [-0.4, -0.2) is 10.6 Å². The van der Waals surface area contributed by atoms with Crippen LogP contribution in [0.1, 0.15) is 27.3 Å². The van der Waals surface area contributed by atoms with E-state index in [4.69, 9.17) is 11.6 Å². The summed E-state index contributed by atoms with van der Waals surface area (Å²) in [5.41, 5.74) is 6.40. The highest BCUT2D eigenvalue weighted by Crippen LogP contribution is 2.10. The number of carbonyl (C=O) groups is 1. The number of benzene rings is 1. The van der Waals surface area contributed by atoms with Gasteiger partial charge in [0.15, 0.2) is 0 Å². The fraction of sp³-hybridized carbons (Fsp3) is 0.214. The summed E-state index contributed by atoms with van der Waals surface area (Å²) in [6.07, 6.45) is 0. The van der Waals surface area contributed by atoms with Crippen molar-refractivity contribution in [3.8, 4) is 0 Å². The molecule has 1 N–H and O–H groups in total. The molecule has 0 atom stereocenters. The van der Waals surface area contributed by atoms with Crippen LogP contribution in [0.4, 0.5) is 0 Å². The Bertz CT molecular complexity index is 555. The monoisotopic (exact) mass is 262 g/mol. The zero-order chi connectivity index (χ0) is 13.1. The van der Waals surface area contributed by atoms with Crippen LogP contribution < -0.4 is 5.43 Å². The Morgan fingerprint density at radius 2 is 1.89 bits per heavy atom. The zero-order valence-electron chi connectivity index (χ0n) is 10.4. The van der Waals surface area contributed by atoms with Crippen molar-refractivity contribution >= 4 is 17.5 Å². The molecule has 1 aromatic heterocycles. The minimum Gasteiger partial charge on any atom is -0.267 e. The molecular weight excluding hydrogens is 248 g/mol. The van der Waals surface area contributed by atoms with Crippen molar-refractivity contribution in [2.24, 2.45) is 0 Å². The molecule has 0 saturated carbocycles. The Kier molecular flexibility index (Phi) is 3.72. The van der Waals surface area contributed by atoms with E-state index in [1.807, 2.05) is 38.1 Å². The number of nitrogens with one attached hydrogen (secondary N) is 1. The summed E-state index contributed by atoms with van der Waals surface area (Å²) in [5.74, 6) is 0.271. The second-order valence-electron chi connectivity index (χ2n) is 4.23. The third kappa shape index (κ3) is 2.57. The molecule has 0 unspecified atom stereocenters. The number of carbonyl (C=O) groups excluding carboxylic acids is 1. The number of rotatable bonds is 3. The van der Waals surface area contributed by atoms with Crippen LogP contribution in [0.3, 0.4) is 0 Å². The van der Waals surface area contributed by atoms with Gasteiger partial charge in [0.1, 0.15) is 0 Å². The van der Waals surface area contributed by atoms with Gasteiger partial charge in [0.05, 0.1) is 0 Å². The zero-order valence-corrected chi connectivity index (χ0v) is 11.2. The van der Waals surface area contributed by atoms with Gasteiger partial charge in [-0.25, -0.2) is 0 Å². The van der Waals surface area contributed by atoms with Crippen molar-refractivity contribution in [3.05, 3.63) is 58.9 Å². The topological polar surface area (TPSA) is 34.0 Å². The smallest absolute Gasteiger partial charge is 0.267 e. The van der Waals surface area contributed by atoms with Gasteiger partial charge in [0, 0.05) is 22.8 Å². The Labute approximate surface area is 111 Å². The number of hydrogen-bond donors (Lipinski definition) is 1. The number of amides is 1. The summed E-state index contributed by atoms with van der Waals surface area (Å²) >= 11 is 5.76. The first kappa shape index (κ1) is 12.7. The molecule has 0 aliphatic rings. The molecule has 1 amide bonds. The first-order valence-electron chi connectivity index (χ1n) is 5.73. The second-order valence-corrected chi connectivity index (χ2v) is 4.49. The van der Waals surface area contributed by atoms with Crippen LogP contribution in [0.15, 0.2) is 36.4 Å². The summed E-state index contributed by atoms with van der Waals surface area (Å²) in [6.45, 7) is 3.89. The second kappa shape index (κ2) is 5.27. The van der Waals surface area contributed by atoms with Gasteiger partial charge in [-0.3, -0.25) is 14.9 Å². The third-order valence-electron chi connectivity index (χ3n) is 2.83. The van der Waals surface area contributed by atoms with Gasteiger partial charge >= 0.3 is 0 Å². The lowest BCUT2D eigenvalue weighted by atomic mass is 10.1. The first-order chi connectivity index (χ1) is 8.61. The van der Waals surface area contributed by atoms with Crippen molar-refractivity contribution in [1.82, 2.24) is 4.68 Å². The Balaban J connectivity index is 2.22. The summed E-state index contributed by atoms with van der Waals surface area (Å²) in [5, 5.41) is 0. The largest absolute Gasteiger partial charge is 0.270 e. The third-order valence-corrected chi connectivity index (χ3v) is 3.14. The molecule has 0 radical (unpaired) electrons.